The Hall–Kier alpha value is -3.71. The van der Waals surface area contributed by atoms with Gasteiger partial charge in [-0.25, -0.2) is 4.39 Å². The van der Waals surface area contributed by atoms with Crippen LogP contribution >= 0.6 is 0 Å². The maximum Gasteiger partial charge on any atom is 0.405 e. The maximum absolute atomic E-state index is 15.6. The summed E-state index contributed by atoms with van der Waals surface area (Å²) in [5.41, 5.74) is 0.934. The summed E-state index contributed by atoms with van der Waals surface area (Å²) in [7, 11) is 2.03. The molecular formula is C26H30F4N6O3. The van der Waals surface area contributed by atoms with Gasteiger partial charge in [0.25, 0.3) is 5.91 Å². The van der Waals surface area contributed by atoms with Crippen molar-refractivity contribution in [2.45, 2.75) is 32.5 Å². The predicted octanol–water partition coefficient (Wildman–Crippen LogP) is 3.65. The van der Waals surface area contributed by atoms with Crippen molar-refractivity contribution in [3.8, 4) is 28.6 Å². The van der Waals surface area contributed by atoms with E-state index >= 15 is 4.39 Å². The van der Waals surface area contributed by atoms with Crippen molar-refractivity contribution in [2.75, 3.05) is 39.8 Å². The lowest BCUT2D eigenvalue weighted by atomic mass is 9.98. The maximum atomic E-state index is 15.6. The molecule has 0 spiro atoms. The van der Waals surface area contributed by atoms with E-state index in [1.807, 2.05) is 7.05 Å². The first-order chi connectivity index (χ1) is 18.3. The molecule has 0 radical (unpaired) electrons. The van der Waals surface area contributed by atoms with E-state index in [0.29, 0.717) is 17.7 Å². The van der Waals surface area contributed by atoms with Gasteiger partial charge in [-0.15, -0.1) is 10.2 Å². The number of aromatic nitrogens is 3. The standard InChI is InChI=1S/C26H30F4N6O3/c1-15(2)17-11-18(22(38)12-21(17)37)23-32-33-24(25(39)31-14-26(28,29)30)36(23)20-5-4-16(10-19(20)27)13-35-8-6-34(3)7-9-35/h4-5,10-12,15,37-38H,6-9,13-14H2,1-3H3,(H,31,39). The third-order valence-electron chi connectivity index (χ3n) is 6.58. The van der Waals surface area contributed by atoms with Gasteiger partial charge in [0.2, 0.25) is 5.82 Å². The van der Waals surface area contributed by atoms with Crippen LogP contribution in [-0.4, -0.2) is 86.6 Å². The van der Waals surface area contributed by atoms with E-state index in [2.05, 4.69) is 20.0 Å². The molecule has 0 bridgehead atoms. The Balaban J connectivity index is 1.78. The van der Waals surface area contributed by atoms with Crippen molar-refractivity contribution in [3.05, 3.63) is 53.1 Å². The van der Waals surface area contributed by atoms with Crippen molar-refractivity contribution < 1.29 is 32.6 Å². The number of benzene rings is 2. The van der Waals surface area contributed by atoms with Crippen LogP contribution in [0.3, 0.4) is 0 Å². The Bertz CT molecular complexity index is 1350. The number of alkyl halides is 3. The van der Waals surface area contributed by atoms with E-state index in [9.17, 15) is 28.2 Å². The van der Waals surface area contributed by atoms with Crippen LogP contribution in [0.2, 0.25) is 0 Å². The number of rotatable bonds is 7. The summed E-state index contributed by atoms with van der Waals surface area (Å²) in [5, 5.41) is 30.3. The van der Waals surface area contributed by atoms with Crippen LogP contribution in [0.1, 0.15) is 41.5 Å². The molecule has 3 aromatic rings. The minimum Gasteiger partial charge on any atom is -0.508 e. The molecule has 4 rings (SSSR count). The number of aromatic hydroxyl groups is 2. The van der Waals surface area contributed by atoms with E-state index < -0.39 is 36.0 Å². The molecule has 2 aromatic carbocycles. The zero-order chi connectivity index (χ0) is 28.5. The van der Waals surface area contributed by atoms with E-state index in [1.165, 1.54) is 18.2 Å². The lowest BCUT2D eigenvalue weighted by molar-refractivity contribution is -0.123. The summed E-state index contributed by atoms with van der Waals surface area (Å²) in [6, 6.07) is 6.86. The second-order valence-corrected chi connectivity index (χ2v) is 9.93. The highest BCUT2D eigenvalue weighted by atomic mass is 19.4. The Kier molecular flexibility index (Phi) is 8.12. The fraction of sp³-hybridized carbons (Fsp3) is 0.423. The largest absolute Gasteiger partial charge is 0.508 e. The first-order valence-electron chi connectivity index (χ1n) is 12.4. The number of nitrogens with one attached hydrogen (secondary N) is 1. The first kappa shape index (κ1) is 28.3. The smallest absolute Gasteiger partial charge is 0.405 e. The average Bonchev–Trinajstić information content (AvgIpc) is 3.28. The summed E-state index contributed by atoms with van der Waals surface area (Å²) < 4.78 is 54.9. The molecule has 1 aromatic heterocycles. The van der Waals surface area contributed by atoms with Gasteiger partial charge >= 0.3 is 6.18 Å². The van der Waals surface area contributed by atoms with Crippen molar-refractivity contribution in [1.82, 2.24) is 29.9 Å². The Morgan fingerprint density at radius 2 is 1.74 bits per heavy atom. The Labute approximate surface area is 222 Å². The van der Waals surface area contributed by atoms with Crippen LogP contribution in [-0.2, 0) is 6.54 Å². The fourth-order valence-electron chi connectivity index (χ4n) is 4.42. The summed E-state index contributed by atoms with van der Waals surface area (Å²) in [4.78, 5) is 17.1. The second-order valence-electron chi connectivity index (χ2n) is 9.93. The normalized spacial score (nSPS) is 15.2. The number of hydrogen-bond acceptors (Lipinski definition) is 7. The van der Waals surface area contributed by atoms with Crippen LogP contribution in [0.25, 0.3) is 17.1 Å². The molecule has 1 amide bonds. The van der Waals surface area contributed by atoms with E-state index in [4.69, 9.17) is 0 Å². The van der Waals surface area contributed by atoms with Gasteiger partial charge in [-0.05, 0) is 42.3 Å². The third-order valence-corrected chi connectivity index (χ3v) is 6.58. The number of carbonyl (C=O) groups is 1. The SMILES string of the molecule is CC(C)c1cc(-c2nnc(C(=O)NCC(F)(F)F)n2-c2ccc(CN3CCN(C)CC3)cc2F)c(O)cc1O. The highest BCUT2D eigenvalue weighted by Crippen LogP contribution is 2.38. The van der Waals surface area contributed by atoms with Gasteiger partial charge in [0, 0.05) is 38.8 Å². The van der Waals surface area contributed by atoms with Crippen molar-refractivity contribution in [2.24, 2.45) is 0 Å². The minimum atomic E-state index is -4.68. The average molecular weight is 551 g/mol. The molecule has 0 saturated carbocycles. The van der Waals surface area contributed by atoms with Crippen LogP contribution in [0, 0.1) is 5.82 Å². The lowest BCUT2D eigenvalue weighted by Gasteiger charge is -2.32. The molecule has 1 aliphatic rings. The number of carbonyl (C=O) groups excluding carboxylic acids is 1. The quantitative estimate of drug-likeness (QED) is 0.386. The summed E-state index contributed by atoms with van der Waals surface area (Å²) in [5.74, 6) is -3.55. The molecule has 1 saturated heterocycles. The lowest BCUT2D eigenvalue weighted by Crippen LogP contribution is -2.43. The molecule has 13 heteroatoms. The molecule has 1 aliphatic heterocycles. The van der Waals surface area contributed by atoms with Gasteiger partial charge in [-0.1, -0.05) is 19.9 Å². The monoisotopic (exact) mass is 550 g/mol. The molecule has 39 heavy (non-hydrogen) atoms. The predicted molar refractivity (Wildman–Crippen MR) is 135 cm³/mol. The van der Waals surface area contributed by atoms with Gasteiger partial charge < -0.3 is 20.4 Å². The second kappa shape index (κ2) is 11.2. The number of amides is 1. The zero-order valence-corrected chi connectivity index (χ0v) is 21.8. The number of hydrogen-bond donors (Lipinski definition) is 3. The molecule has 9 nitrogen and oxygen atoms in total. The molecular weight excluding hydrogens is 520 g/mol. The summed E-state index contributed by atoms with van der Waals surface area (Å²) in [6.45, 7) is 5.88. The number of likely N-dealkylation sites (N-methyl/N-ethyl adjacent to an activating group) is 1. The summed E-state index contributed by atoms with van der Waals surface area (Å²) >= 11 is 0. The van der Waals surface area contributed by atoms with Crippen molar-refractivity contribution in [3.63, 3.8) is 0 Å². The van der Waals surface area contributed by atoms with Gasteiger partial charge in [-0.3, -0.25) is 14.3 Å². The molecule has 210 valence electrons. The molecule has 0 atom stereocenters. The van der Waals surface area contributed by atoms with Crippen molar-refractivity contribution >= 4 is 5.91 Å². The van der Waals surface area contributed by atoms with Crippen LogP contribution < -0.4 is 5.32 Å². The van der Waals surface area contributed by atoms with Crippen LogP contribution in [0.4, 0.5) is 17.6 Å². The zero-order valence-electron chi connectivity index (χ0n) is 21.8. The van der Waals surface area contributed by atoms with E-state index in [-0.39, 0.29) is 28.7 Å². The van der Waals surface area contributed by atoms with E-state index in [1.54, 1.807) is 25.2 Å². The molecule has 3 N–H and O–H groups in total. The summed E-state index contributed by atoms with van der Waals surface area (Å²) in [6.07, 6.45) is -4.68. The van der Waals surface area contributed by atoms with Crippen molar-refractivity contribution in [1.29, 1.82) is 0 Å². The number of phenols is 2. The molecule has 1 fully saturated rings. The highest BCUT2D eigenvalue weighted by Gasteiger charge is 2.31. The van der Waals surface area contributed by atoms with Gasteiger partial charge in [0.05, 0.1) is 11.3 Å². The fourth-order valence-corrected chi connectivity index (χ4v) is 4.42. The Morgan fingerprint density at radius 1 is 1.05 bits per heavy atom. The molecule has 0 aliphatic carbocycles. The molecule has 0 unspecified atom stereocenters. The van der Waals surface area contributed by atoms with Gasteiger partial charge in [0.15, 0.2) is 5.82 Å². The topological polar surface area (TPSA) is 107 Å². The first-order valence-corrected chi connectivity index (χ1v) is 12.4. The molecule has 2 heterocycles. The van der Waals surface area contributed by atoms with E-state index in [0.717, 1.165) is 36.8 Å². The van der Waals surface area contributed by atoms with Gasteiger partial charge in [0.1, 0.15) is 23.9 Å². The third kappa shape index (κ3) is 6.48. The number of nitrogens with zero attached hydrogens (tertiary/aromatic N) is 5. The number of phenolic OH excluding ortho intramolecular Hbond substituents is 2. The van der Waals surface area contributed by atoms with Crippen LogP contribution in [0.5, 0.6) is 11.5 Å². The number of halogens is 4. The van der Waals surface area contributed by atoms with Gasteiger partial charge in [-0.2, -0.15) is 13.2 Å². The minimum absolute atomic E-state index is 0.0137. The van der Waals surface area contributed by atoms with Crippen LogP contribution in [0.15, 0.2) is 30.3 Å². The number of piperazine rings is 1. The highest BCUT2D eigenvalue weighted by molar-refractivity contribution is 5.92. The Morgan fingerprint density at radius 3 is 2.36 bits per heavy atom.